The van der Waals surface area contributed by atoms with Gasteiger partial charge in [-0.15, -0.1) is 0 Å². The Morgan fingerprint density at radius 3 is 2.54 bits per heavy atom. The van der Waals surface area contributed by atoms with Crippen LogP contribution >= 0.6 is 15.9 Å². The van der Waals surface area contributed by atoms with Gasteiger partial charge in [0, 0.05) is 48.6 Å². The first kappa shape index (κ1) is 29.7. The average molecular weight is 594 g/mol. The van der Waals surface area contributed by atoms with Gasteiger partial charge < -0.3 is 15.3 Å². The summed E-state index contributed by atoms with van der Waals surface area (Å²) in [6.45, 7) is 4.07. The average Bonchev–Trinajstić information content (AvgIpc) is 2.93. The Morgan fingerprint density at radius 2 is 1.89 bits per heavy atom. The van der Waals surface area contributed by atoms with Crippen LogP contribution in [0.1, 0.15) is 75.8 Å². The maximum absolute atomic E-state index is 13.8. The summed E-state index contributed by atoms with van der Waals surface area (Å²) in [5, 5.41) is 15.9. The molecule has 0 saturated heterocycles. The van der Waals surface area contributed by atoms with Crippen LogP contribution in [0.15, 0.2) is 47.4 Å². The topological polar surface area (TPSA) is 86.7 Å². The molecule has 3 atom stereocenters. The standard InChI is InChI=1S/C29H41BrN2O4S/c1-5-7-16-29(6-2)20-37(35,36)25-15-14-23(32(3)4)19-24(25)27(28(29)34)21-11-10-12-22(18-21)31-26(33)13-8-9-17-30/h10-12,14-15,18-19,27-28,34H,5-9,13,16-17,20H2,1-4H3,(H,31,33)/t27-,28-,29?/m1/s1. The maximum Gasteiger partial charge on any atom is 0.224 e. The number of nitrogens with zero attached hydrogens (tertiary/aromatic N) is 1. The number of aliphatic hydroxyl groups is 1. The fourth-order valence-electron chi connectivity index (χ4n) is 5.42. The Hall–Kier alpha value is -1.90. The second-order valence-electron chi connectivity index (χ2n) is 10.4. The molecule has 0 fully saturated rings. The lowest BCUT2D eigenvalue weighted by atomic mass is 9.69. The molecule has 0 bridgehead atoms. The maximum atomic E-state index is 13.8. The van der Waals surface area contributed by atoms with E-state index in [1.54, 1.807) is 6.07 Å². The van der Waals surface area contributed by atoms with Gasteiger partial charge in [0.25, 0.3) is 0 Å². The molecule has 0 aromatic heterocycles. The number of hydrogen-bond donors (Lipinski definition) is 2. The van der Waals surface area contributed by atoms with Crippen molar-refractivity contribution in [3.63, 3.8) is 0 Å². The zero-order valence-electron chi connectivity index (χ0n) is 22.5. The second-order valence-corrected chi connectivity index (χ2v) is 13.2. The number of amides is 1. The highest BCUT2D eigenvalue weighted by Gasteiger charge is 2.49. The zero-order valence-corrected chi connectivity index (χ0v) is 24.9. The summed E-state index contributed by atoms with van der Waals surface area (Å²) in [4.78, 5) is 14.7. The molecular weight excluding hydrogens is 552 g/mol. The van der Waals surface area contributed by atoms with Crippen molar-refractivity contribution in [2.24, 2.45) is 5.41 Å². The first-order valence-electron chi connectivity index (χ1n) is 13.3. The second kappa shape index (κ2) is 12.8. The highest BCUT2D eigenvalue weighted by atomic mass is 79.9. The van der Waals surface area contributed by atoms with Gasteiger partial charge in [0.2, 0.25) is 5.91 Å². The van der Waals surface area contributed by atoms with Crippen molar-refractivity contribution < 1.29 is 18.3 Å². The highest BCUT2D eigenvalue weighted by Crippen LogP contribution is 2.49. The van der Waals surface area contributed by atoms with Crippen LogP contribution in [0.3, 0.4) is 0 Å². The molecule has 0 radical (unpaired) electrons. The number of anilines is 2. The van der Waals surface area contributed by atoms with E-state index in [1.165, 1.54) is 0 Å². The van der Waals surface area contributed by atoms with E-state index < -0.39 is 27.3 Å². The Morgan fingerprint density at radius 1 is 1.14 bits per heavy atom. The molecule has 0 aliphatic carbocycles. The van der Waals surface area contributed by atoms with Crippen LogP contribution in [-0.4, -0.2) is 50.7 Å². The van der Waals surface area contributed by atoms with Gasteiger partial charge in [0.15, 0.2) is 9.84 Å². The van der Waals surface area contributed by atoms with Crippen molar-refractivity contribution >= 4 is 43.0 Å². The number of fused-ring (bicyclic) bond motifs is 1. The minimum absolute atomic E-state index is 0.0526. The van der Waals surface area contributed by atoms with Crippen molar-refractivity contribution in [1.29, 1.82) is 0 Å². The number of alkyl halides is 1. The van der Waals surface area contributed by atoms with Crippen LogP contribution < -0.4 is 10.2 Å². The van der Waals surface area contributed by atoms with Crippen molar-refractivity contribution in [3.8, 4) is 0 Å². The molecule has 6 nitrogen and oxygen atoms in total. The van der Waals surface area contributed by atoms with E-state index in [4.69, 9.17) is 0 Å². The molecule has 3 rings (SSSR count). The summed E-state index contributed by atoms with van der Waals surface area (Å²) < 4.78 is 27.6. The Balaban J connectivity index is 2.16. The third kappa shape index (κ3) is 6.76. The number of carbonyl (C=O) groups excluding carboxylic acids is 1. The third-order valence-corrected chi connectivity index (χ3v) is 10.2. The van der Waals surface area contributed by atoms with Crippen molar-refractivity contribution in [2.75, 3.05) is 35.4 Å². The summed E-state index contributed by atoms with van der Waals surface area (Å²) in [7, 11) is 0.198. The molecule has 37 heavy (non-hydrogen) atoms. The predicted molar refractivity (Wildman–Crippen MR) is 156 cm³/mol. The van der Waals surface area contributed by atoms with Crippen LogP contribution in [0.2, 0.25) is 0 Å². The van der Waals surface area contributed by atoms with Gasteiger partial charge in [0.05, 0.1) is 16.8 Å². The lowest BCUT2D eigenvalue weighted by molar-refractivity contribution is -0.116. The summed E-state index contributed by atoms with van der Waals surface area (Å²) in [5.74, 6) is -0.676. The van der Waals surface area contributed by atoms with Crippen molar-refractivity contribution in [3.05, 3.63) is 53.6 Å². The number of halogens is 1. The van der Waals surface area contributed by atoms with E-state index in [2.05, 4.69) is 28.2 Å². The SMILES string of the molecule is CCCCC1(CC)CS(=O)(=O)c2ccc(N(C)C)cc2[C@@H](c2cccc(NC(=O)CCCCBr)c2)[C@H]1O. The number of benzene rings is 2. The minimum Gasteiger partial charge on any atom is -0.392 e. The molecule has 2 N–H and O–H groups in total. The van der Waals surface area contributed by atoms with Crippen LogP contribution in [0, 0.1) is 5.41 Å². The third-order valence-electron chi connectivity index (χ3n) is 7.65. The molecule has 1 heterocycles. The predicted octanol–water partition coefficient (Wildman–Crippen LogP) is 6.12. The number of aliphatic hydroxyl groups excluding tert-OH is 1. The van der Waals surface area contributed by atoms with Crippen LogP contribution in [-0.2, 0) is 14.6 Å². The van der Waals surface area contributed by atoms with Gasteiger partial charge in [-0.25, -0.2) is 8.42 Å². The van der Waals surface area contributed by atoms with E-state index in [0.717, 1.165) is 42.3 Å². The van der Waals surface area contributed by atoms with E-state index in [-0.39, 0.29) is 16.6 Å². The Labute approximate surface area is 230 Å². The fourth-order valence-corrected chi connectivity index (χ4v) is 8.07. The fraction of sp³-hybridized carbons (Fsp3) is 0.552. The number of rotatable bonds is 11. The number of sulfone groups is 1. The summed E-state index contributed by atoms with van der Waals surface area (Å²) >= 11 is 3.40. The molecule has 1 unspecified atom stereocenters. The van der Waals surface area contributed by atoms with Gasteiger partial charge in [0.1, 0.15) is 0 Å². The smallest absolute Gasteiger partial charge is 0.224 e. The molecule has 1 aliphatic heterocycles. The highest BCUT2D eigenvalue weighted by molar-refractivity contribution is 9.09. The van der Waals surface area contributed by atoms with E-state index >= 15 is 0 Å². The van der Waals surface area contributed by atoms with Crippen molar-refractivity contribution in [2.45, 2.75) is 75.7 Å². The zero-order chi connectivity index (χ0) is 27.2. The van der Waals surface area contributed by atoms with Gasteiger partial charge in [-0.3, -0.25) is 4.79 Å². The normalized spacial score (nSPS) is 22.6. The first-order valence-corrected chi connectivity index (χ1v) is 16.0. The van der Waals surface area contributed by atoms with E-state index in [9.17, 15) is 18.3 Å². The number of unbranched alkanes of at least 4 members (excludes halogenated alkanes) is 2. The van der Waals surface area contributed by atoms with Gasteiger partial charge in [-0.2, -0.15) is 0 Å². The van der Waals surface area contributed by atoms with Crippen LogP contribution in [0.4, 0.5) is 11.4 Å². The number of hydrogen-bond acceptors (Lipinski definition) is 5. The molecule has 1 aliphatic rings. The monoisotopic (exact) mass is 592 g/mol. The van der Waals surface area contributed by atoms with Crippen LogP contribution in [0.5, 0.6) is 0 Å². The Bertz CT molecular complexity index is 1180. The minimum atomic E-state index is -3.64. The molecule has 2 aromatic carbocycles. The molecule has 1 amide bonds. The summed E-state index contributed by atoms with van der Waals surface area (Å²) in [5.41, 5.74) is 2.17. The van der Waals surface area contributed by atoms with Crippen LogP contribution in [0.25, 0.3) is 0 Å². The Kier molecular flexibility index (Phi) is 10.2. The van der Waals surface area contributed by atoms with E-state index in [0.29, 0.717) is 30.5 Å². The number of carbonyl (C=O) groups is 1. The van der Waals surface area contributed by atoms with Crippen molar-refractivity contribution in [1.82, 2.24) is 0 Å². The number of nitrogens with one attached hydrogen (secondary N) is 1. The molecule has 0 spiro atoms. The first-order chi connectivity index (χ1) is 17.6. The molecule has 0 saturated carbocycles. The summed E-state index contributed by atoms with van der Waals surface area (Å²) in [6, 6.07) is 12.9. The summed E-state index contributed by atoms with van der Waals surface area (Å²) in [6.07, 6.45) is 4.22. The van der Waals surface area contributed by atoms with E-state index in [1.807, 2.05) is 62.3 Å². The van der Waals surface area contributed by atoms with Gasteiger partial charge >= 0.3 is 0 Å². The van der Waals surface area contributed by atoms with Gasteiger partial charge in [-0.1, -0.05) is 54.8 Å². The molecule has 8 heteroatoms. The lowest BCUT2D eigenvalue weighted by Crippen LogP contribution is -2.42. The van der Waals surface area contributed by atoms with Gasteiger partial charge in [-0.05, 0) is 67.1 Å². The quantitative estimate of drug-likeness (QED) is 0.242. The molecule has 2 aromatic rings. The largest absolute Gasteiger partial charge is 0.392 e. The molecule has 204 valence electrons. The lowest BCUT2D eigenvalue weighted by Gasteiger charge is -2.39. The molecular formula is C29H41BrN2O4S.